The largest absolute Gasteiger partial charge is 0.352 e. The van der Waals surface area contributed by atoms with E-state index in [2.05, 4.69) is 16.4 Å². The van der Waals surface area contributed by atoms with Crippen LogP contribution < -0.4 is 5.32 Å². The predicted molar refractivity (Wildman–Crippen MR) is 80.5 cm³/mol. The van der Waals surface area contributed by atoms with E-state index >= 15 is 0 Å². The maximum Gasteiger partial charge on any atom is 0.169 e. The first-order valence-corrected chi connectivity index (χ1v) is 7.11. The summed E-state index contributed by atoms with van der Waals surface area (Å²) in [6, 6.07) is 10.2. The second-order valence-electron chi connectivity index (χ2n) is 4.46. The number of aromatic nitrogens is 1. The van der Waals surface area contributed by atoms with Gasteiger partial charge in [-0.3, -0.25) is 4.98 Å². The van der Waals surface area contributed by atoms with Gasteiger partial charge in [0.2, 0.25) is 0 Å². The van der Waals surface area contributed by atoms with E-state index in [-0.39, 0.29) is 6.29 Å². The van der Waals surface area contributed by atoms with Crippen LogP contribution in [0.2, 0.25) is 0 Å². The smallest absolute Gasteiger partial charge is 0.169 e. The molecule has 2 aromatic rings. The second-order valence-corrected chi connectivity index (χ2v) is 4.46. The number of pyridine rings is 1. The summed E-state index contributed by atoms with van der Waals surface area (Å²) in [5.41, 5.74) is 2.26. The highest BCUT2D eigenvalue weighted by molar-refractivity contribution is 5.81. The zero-order chi connectivity index (χ0) is 14.2. The van der Waals surface area contributed by atoms with Crippen LogP contribution in [0.3, 0.4) is 0 Å². The molecular weight excluding hydrogens is 252 g/mol. The Kier molecular flexibility index (Phi) is 5.92. The third kappa shape index (κ3) is 4.00. The summed E-state index contributed by atoms with van der Waals surface area (Å²) >= 11 is 0. The Hall–Kier alpha value is -1.49. The molecule has 0 aliphatic carbocycles. The predicted octanol–water partition coefficient (Wildman–Crippen LogP) is 2.72. The van der Waals surface area contributed by atoms with Crippen LogP contribution in [-0.2, 0) is 16.0 Å². The molecule has 0 saturated carbocycles. The van der Waals surface area contributed by atoms with Crippen molar-refractivity contribution in [3.63, 3.8) is 0 Å². The van der Waals surface area contributed by atoms with Crippen molar-refractivity contribution in [1.82, 2.24) is 10.3 Å². The lowest BCUT2D eigenvalue weighted by atomic mass is 10.1. The second kappa shape index (κ2) is 7.94. The van der Waals surface area contributed by atoms with E-state index in [1.54, 1.807) is 0 Å². The fourth-order valence-electron chi connectivity index (χ4n) is 2.17. The third-order valence-corrected chi connectivity index (χ3v) is 3.07. The van der Waals surface area contributed by atoms with Gasteiger partial charge in [-0.25, -0.2) is 0 Å². The Bertz CT molecular complexity index is 519. The Morgan fingerprint density at radius 2 is 1.85 bits per heavy atom. The van der Waals surface area contributed by atoms with Crippen molar-refractivity contribution in [2.45, 2.75) is 26.7 Å². The van der Waals surface area contributed by atoms with Crippen molar-refractivity contribution in [3.05, 3.63) is 42.1 Å². The molecule has 1 aromatic heterocycles. The van der Waals surface area contributed by atoms with Gasteiger partial charge in [-0.2, -0.15) is 0 Å². The first-order valence-electron chi connectivity index (χ1n) is 7.11. The molecule has 0 atom stereocenters. The zero-order valence-corrected chi connectivity index (χ0v) is 12.1. The highest BCUT2D eigenvalue weighted by Gasteiger charge is 2.07. The standard InChI is InChI=1S/C16H22N2O2/c1-3-19-16(20-4-2)12-17-11-13-9-10-18-15-8-6-5-7-14(13)15/h5-10,16-17H,3-4,11-12H2,1-2H3. The highest BCUT2D eigenvalue weighted by Crippen LogP contribution is 2.15. The van der Waals surface area contributed by atoms with Crippen molar-refractivity contribution in [2.24, 2.45) is 0 Å². The summed E-state index contributed by atoms with van der Waals surface area (Å²) < 4.78 is 11.0. The van der Waals surface area contributed by atoms with Crippen LogP contribution >= 0.6 is 0 Å². The van der Waals surface area contributed by atoms with Gasteiger partial charge in [0.25, 0.3) is 0 Å². The molecule has 0 aliphatic heterocycles. The van der Waals surface area contributed by atoms with Crippen molar-refractivity contribution in [2.75, 3.05) is 19.8 Å². The van der Waals surface area contributed by atoms with E-state index in [9.17, 15) is 0 Å². The molecule has 1 heterocycles. The van der Waals surface area contributed by atoms with Crippen LogP contribution in [0, 0.1) is 0 Å². The Balaban J connectivity index is 1.95. The number of nitrogens with zero attached hydrogens (tertiary/aromatic N) is 1. The van der Waals surface area contributed by atoms with Crippen LogP contribution in [0.1, 0.15) is 19.4 Å². The molecule has 1 aromatic carbocycles. The summed E-state index contributed by atoms with van der Waals surface area (Å²) in [4.78, 5) is 4.37. The minimum Gasteiger partial charge on any atom is -0.352 e. The van der Waals surface area contributed by atoms with E-state index in [1.807, 2.05) is 44.3 Å². The van der Waals surface area contributed by atoms with Crippen LogP contribution in [0.25, 0.3) is 10.9 Å². The van der Waals surface area contributed by atoms with Gasteiger partial charge in [0.05, 0.1) is 5.52 Å². The molecule has 0 amide bonds. The van der Waals surface area contributed by atoms with Gasteiger partial charge >= 0.3 is 0 Å². The molecule has 0 spiro atoms. The van der Waals surface area contributed by atoms with E-state index in [0.29, 0.717) is 19.8 Å². The van der Waals surface area contributed by atoms with E-state index in [4.69, 9.17) is 9.47 Å². The summed E-state index contributed by atoms with van der Waals surface area (Å²) in [5.74, 6) is 0. The average molecular weight is 274 g/mol. The molecule has 0 radical (unpaired) electrons. The SMILES string of the molecule is CCOC(CNCc1ccnc2ccccc12)OCC. The van der Waals surface area contributed by atoms with Crippen molar-refractivity contribution < 1.29 is 9.47 Å². The number of fused-ring (bicyclic) bond motifs is 1. The molecule has 1 N–H and O–H groups in total. The lowest BCUT2D eigenvalue weighted by Gasteiger charge is -2.17. The summed E-state index contributed by atoms with van der Waals surface area (Å²) in [6.45, 7) is 6.72. The summed E-state index contributed by atoms with van der Waals surface area (Å²) in [7, 11) is 0. The molecule has 0 bridgehead atoms. The first-order chi connectivity index (χ1) is 9.85. The van der Waals surface area contributed by atoms with Crippen molar-refractivity contribution >= 4 is 10.9 Å². The fourth-order valence-corrected chi connectivity index (χ4v) is 2.17. The normalized spacial score (nSPS) is 11.3. The number of ether oxygens (including phenoxy) is 2. The number of benzene rings is 1. The Morgan fingerprint density at radius 1 is 1.10 bits per heavy atom. The van der Waals surface area contributed by atoms with Crippen LogP contribution in [0.15, 0.2) is 36.5 Å². The molecule has 0 saturated heterocycles. The molecule has 0 aliphatic rings. The lowest BCUT2D eigenvalue weighted by Crippen LogP contribution is -2.31. The van der Waals surface area contributed by atoms with Crippen LogP contribution in [-0.4, -0.2) is 31.0 Å². The van der Waals surface area contributed by atoms with E-state index in [1.165, 1.54) is 10.9 Å². The average Bonchev–Trinajstić information content (AvgIpc) is 2.48. The van der Waals surface area contributed by atoms with Crippen LogP contribution in [0.4, 0.5) is 0 Å². The number of hydrogen-bond donors (Lipinski definition) is 1. The molecule has 0 unspecified atom stereocenters. The quantitative estimate of drug-likeness (QED) is 0.752. The fraction of sp³-hybridized carbons (Fsp3) is 0.438. The lowest BCUT2D eigenvalue weighted by molar-refractivity contribution is -0.133. The number of rotatable bonds is 8. The van der Waals surface area contributed by atoms with Gasteiger partial charge in [-0.15, -0.1) is 0 Å². The number of hydrogen-bond acceptors (Lipinski definition) is 4. The molecular formula is C16H22N2O2. The Morgan fingerprint density at radius 3 is 2.60 bits per heavy atom. The van der Waals surface area contributed by atoms with Gasteiger partial charge in [-0.05, 0) is 31.5 Å². The van der Waals surface area contributed by atoms with Gasteiger partial charge in [0, 0.05) is 37.9 Å². The maximum atomic E-state index is 5.51. The Labute approximate surface area is 120 Å². The van der Waals surface area contributed by atoms with E-state index in [0.717, 1.165) is 12.1 Å². The molecule has 108 valence electrons. The highest BCUT2D eigenvalue weighted by atomic mass is 16.7. The maximum absolute atomic E-state index is 5.51. The topological polar surface area (TPSA) is 43.4 Å². The van der Waals surface area contributed by atoms with Gasteiger partial charge in [0.15, 0.2) is 6.29 Å². The first kappa shape index (κ1) is 14.9. The molecule has 0 fully saturated rings. The summed E-state index contributed by atoms with van der Waals surface area (Å²) in [5, 5.41) is 4.57. The van der Waals surface area contributed by atoms with E-state index < -0.39 is 0 Å². The zero-order valence-electron chi connectivity index (χ0n) is 12.1. The minimum atomic E-state index is -0.182. The molecule has 4 nitrogen and oxygen atoms in total. The monoisotopic (exact) mass is 274 g/mol. The summed E-state index contributed by atoms with van der Waals surface area (Å²) in [6.07, 6.45) is 1.67. The van der Waals surface area contributed by atoms with Crippen molar-refractivity contribution in [1.29, 1.82) is 0 Å². The van der Waals surface area contributed by atoms with Gasteiger partial charge < -0.3 is 14.8 Å². The number of para-hydroxylation sites is 1. The van der Waals surface area contributed by atoms with Gasteiger partial charge in [-0.1, -0.05) is 18.2 Å². The molecule has 20 heavy (non-hydrogen) atoms. The van der Waals surface area contributed by atoms with Crippen molar-refractivity contribution in [3.8, 4) is 0 Å². The van der Waals surface area contributed by atoms with Crippen LogP contribution in [0.5, 0.6) is 0 Å². The molecule has 4 heteroatoms. The third-order valence-electron chi connectivity index (χ3n) is 3.07. The number of nitrogens with one attached hydrogen (secondary N) is 1. The molecule has 2 rings (SSSR count). The minimum absolute atomic E-state index is 0.182. The van der Waals surface area contributed by atoms with Gasteiger partial charge in [0.1, 0.15) is 0 Å².